The molecule has 0 saturated heterocycles. The zero-order valence-electron chi connectivity index (χ0n) is 12.1. The molecule has 0 amide bonds. The van der Waals surface area contributed by atoms with Gasteiger partial charge in [-0.3, -0.25) is 0 Å². The molecule has 0 aliphatic rings. The Labute approximate surface area is 123 Å². The van der Waals surface area contributed by atoms with Gasteiger partial charge in [-0.15, -0.1) is 5.10 Å². The quantitative estimate of drug-likeness (QED) is 0.596. The van der Waals surface area contributed by atoms with Crippen molar-refractivity contribution in [2.24, 2.45) is 0 Å². The molecule has 0 aliphatic heterocycles. The van der Waals surface area contributed by atoms with Crippen LogP contribution in [0.1, 0.15) is 26.2 Å². The minimum atomic E-state index is -0.364. The van der Waals surface area contributed by atoms with Gasteiger partial charge in [0.05, 0.1) is 0 Å². The third kappa shape index (κ3) is 4.22. The summed E-state index contributed by atoms with van der Waals surface area (Å²) < 4.78 is 20.5. The number of ether oxygens (including phenoxy) is 1. The first-order chi connectivity index (χ1) is 10.2. The number of hydrogen-bond acceptors (Lipinski definition) is 5. The first-order valence-corrected chi connectivity index (χ1v) is 7.11. The molecule has 0 radical (unpaired) electrons. The van der Waals surface area contributed by atoms with Crippen molar-refractivity contribution in [3.8, 4) is 11.4 Å². The van der Waals surface area contributed by atoms with Gasteiger partial charge in [0.2, 0.25) is 0 Å². The van der Waals surface area contributed by atoms with Crippen LogP contribution < -0.4 is 5.73 Å². The van der Waals surface area contributed by atoms with Crippen LogP contribution in [-0.2, 0) is 11.3 Å². The summed E-state index contributed by atoms with van der Waals surface area (Å²) in [5.41, 5.74) is 6.82. The third-order valence-electron chi connectivity index (χ3n) is 3.09. The number of rotatable bonds is 8. The summed E-state index contributed by atoms with van der Waals surface area (Å²) in [6.45, 7) is 4.15. The Bertz CT molecular complexity index is 572. The van der Waals surface area contributed by atoms with E-state index in [1.807, 2.05) is 0 Å². The molecule has 0 aliphatic carbocycles. The first-order valence-electron chi connectivity index (χ1n) is 7.11. The highest BCUT2D eigenvalue weighted by Gasteiger charge is 2.12. The van der Waals surface area contributed by atoms with Crippen molar-refractivity contribution in [3.63, 3.8) is 0 Å². The summed E-state index contributed by atoms with van der Waals surface area (Å²) in [6, 6.07) is 4.17. The molecule has 0 atom stereocenters. The number of hydrogen-bond donors (Lipinski definition) is 1. The van der Waals surface area contributed by atoms with Crippen molar-refractivity contribution >= 4 is 5.69 Å². The molecule has 0 bridgehead atoms. The van der Waals surface area contributed by atoms with E-state index in [0.29, 0.717) is 30.2 Å². The number of nitrogens with two attached hydrogens (primary N) is 1. The SMILES string of the molecule is CCCCOCCCn1nnnc1-c1cc(F)ccc1N. The van der Waals surface area contributed by atoms with Crippen molar-refractivity contribution in [1.29, 1.82) is 0 Å². The van der Waals surface area contributed by atoms with Crippen molar-refractivity contribution in [2.75, 3.05) is 18.9 Å². The predicted octanol–water partition coefficient (Wildman–Crippen LogP) is 2.27. The van der Waals surface area contributed by atoms with Gasteiger partial charge in [-0.05, 0) is 41.5 Å². The first kappa shape index (κ1) is 15.4. The van der Waals surface area contributed by atoms with Gasteiger partial charge >= 0.3 is 0 Å². The molecule has 7 heteroatoms. The average molecular weight is 293 g/mol. The van der Waals surface area contributed by atoms with E-state index in [1.54, 1.807) is 4.68 Å². The number of halogens is 1. The maximum atomic E-state index is 13.3. The molecule has 1 aromatic carbocycles. The number of aromatic nitrogens is 4. The number of nitrogens with zero attached hydrogens (tertiary/aromatic N) is 4. The van der Waals surface area contributed by atoms with Crippen molar-refractivity contribution in [3.05, 3.63) is 24.0 Å². The highest BCUT2D eigenvalue weighted by molar-refractivity contribution is 5.71. The van der Waals surface area contributed by atoms with Gasteiger partial charge < -0.3 is 10.5 Å². The van der Waals surface area contributed by atoms with E-state index in [4.69, 9.17) is 10.5 Å². The van der Waals surface area contributed by atoms with Crippen LogP contribution in [0.4, 0.5) is 10.1 Å². The van der Waals surface area contributed by atoms with E-state index in [0.717, 1.165) is 25.9 Å². The van der Waals surface area contributed by atoms with E-state index in [9.17, 15) is 4.39 Å². The third-order valence-corrected chi connectivity index (χ3v) is 3.09. The number of nitrogen functional groups attached to an aromatic ring is 1. The summed E-state index contributed by atoms with van der Waals surface area (Å²) >= 11 is 0. The fourth-order valence-corrected chi connectivity index (χ4v) is 1.94. The lowest BCUT2D eigenvalue weighted by Crippen LogP contribution is -2.07. The summed E-state index contributed by atoms with van der Waals surface area (Å²) in [5, 5.41) is 11.5. The van der Waals surface area contributed by atoms with Crippen LogP contribution in [-0.4, -0.2) is 33.4 Å². The van der Waals surface area contributed by atoms with E-state index >= 15 is 0 Å². The normalized spacial score (nSPS) is 11.0. The lowest BCUT2D eigenvalue weighted by molar-refractivity contribution is 0.125. The van der Waals surface area contributed by atoms with E-state index in [2.05, 4.69) is 22.4 Å². The Morgan fingerprint density at radius 1 is 1.29 bits per heavy atom. The molecule has 6 nitrogen and oxygen atoms in total. The minimum absolute atomic E-state index is 0.364. The molecule has 0 saturated carbocycles. The smallest absolute Gasteiger partial charge is 0.184 e. The largest absolute Gasteiger partial charge is 0.398 e. The van der Waals surface area contributed by atoms with E-state index < -0.39 is 0 Å². The lowest BCUT2D eigenvalue weighted by atomic mass is 10.1. The average Bonchev–Trinajstić information content (AvgIpc) is 2.93. The number of unbranched alkanes of at least 4 members (excludes halogenated alkanes) is 1. The van der Waals surface area contributed by atoms with Gasteiger partial charge in [0, 0.05) is 31.0 Å². The monoisotopic (exact) mass is 293 g/mol. The maximum Gasteiger partial charge on any atom is 0.184 e. The molecular formula is C14H20FN5O. The molecule has 2 rings (SSSR count). The fraction of sp³-hybridized carbons (Fsp3) is 0.500. The number of aryl methyl sites for hydroxylation is 1. The van der Waals surface area contributed by atoms with Crippen LogP contribution in [0, 0.1) is 5.82 Å². The van der Waals surface area contributed by atoms with Crippen molar-refractivity contribution in [1.82, 2.24) is 20.2 Å². The molecule has 2 aromatic rings. The molecule has 0 unspecified atom stereocenters. The van der Waals surface area contributed by atoms with Gasteiger partial charge in [-0.2, -0.15) is 0 Å². The van der Waals surface area contributed by atoms with Gasteiger partial charge in [0.15, 0.2) is 5.82 Å². The van der Waals surface area contributed by atoms with Crippen LogP contribution in [0.25, 0.3) is 11.4 Å². The van der Waals surface area contributed by atoms with Gasteiger partial charge in [0.1, 0.15) is 5.82 Å². The van der Waals surface area contributed by atoms with E-state index in [-0.39, 0.29) is 5.82 Å². The van der Waals surface area contributed by atoms with Gasteiger partial charge in [-0.25, -0.2) is 9.07 Å². The number of anilines is 1. The summed E-state index contributed by atoms with van der Waals surface area (Å²) in [7, 11) is 0. The van der Waals surface area contributed by atoms with Crippen LogP contribution in [0.2, 0.25) is 0 Å². The Balaban J connectivity index is 1.97. The highest BCUT2D eigenvalue weighted by Crippen LogP contribution is 2.24. The summed E-state index contributed by atoms with van der Waals surface area (Å²) in [5.74, 6) is 0.109. The molecule has 0 spiro atoms. The van der Waals surface area contributed by atoms with Crippen LogP contribution in [0.3, 0.4) is 0 Å². The van der Waals surface area contributed by atoms with Gasteiger partial charge in [0.25, 0.3) is 0 Å². The zero-order chi connectivity index (χ0) is 15.1. The second kappa shape index (κ2) is 7.68. The van der Waals surface area contributed by atoms with Crippen LogP contribution in [0.15, 0.2) is 18.2 Å². The molecule has 2 N–H and O–H groups in total. The standard InChI is InChI=1S/C14H20FN5O/c1-2-3-8-21-9-4-7-20-14(17-18-19-20)12-10-11(15)5-6-13(12)16/h5-6,10H,2-4,7-9,16H2,1H3. The molecule has 114 valence electrons. The summed E-state index contributed by atoms with van der Waals surface area (Å²) in [6.07, 6.45) is 2.98. The molecular weight excluding hydrogens is 273 g/mol. The van der Waals surface area contributed by atoms with Crippen molar-refractivity contribution < 1.29 is 9.13 Å². The van der Waals surface area contributed by atoms with E-state index in [1.165, 1.54) is 18.2 Å². The molecule has 21 heavy (non-hydrogen) atoms. The summed E-state index contributed by atoms with van der Waals surface area (Å²) in [4.78, 5) is 0. The van der Waals surface area contributed by atoms with Crippen LogP contribution >= 0.6 is 0 Å². The second-order valence-electron chi connectivity index (χ2n) is 4.78. The molecule has 1 heterocycles. The number of tetrazole rings is 1. The minimum Gasteiger partial charge on any atom is -0.398 e. The zero-order valence-corrected chi connectivity index (χ0v) is 12.1. The predicted molar refractivity (Wildman–Crippen MR) is 78.0 cm³/mol. The Hall–Kier alpha value is -2.02. The Kier molecular flexibility index (Phi) is 5.62. The van der Waals surface area contributed by atoms with Gasteiger partial charge in [-0.1, -0.05) is 13.3 Å². The lowest BCUT2D eigenvalue weighted by Gasteiger charge is -2.07. The second-order valence-corrected chi connectivity index (χ2v) is 4.78. The fourth-order valence-electron chi connectivity index (χ4n) is 1.94. The Morgan fingerprint density at radius 2 is 2.10 bits per heavy atom. The van der Waals surface area contributed by atoms with Crippen LogP contribution in [0.5, 0.6) is 0 Å². The van der Waals surface area contributed by atoms with Crippen molar-refractivity contribution in [2.45, 2.75) is 32.7 Å². The maximum absolute atomic E-state index is 13.3. The molecule has 0 fully saturated rings. The molecule has 1 aromatic heterocycles. The topological polar surface area (TPSA) is 78.8 Å². The Morgan fingerprint density at radius 3 is 2.90 bits per heavy atom. The highest BCUT2D eigenvalue weighted by atomic mass is 19.1. The number of benzene rings is 1.